The lowest BCUT2D eigenvalue weighted by Gasteiger charge is -2.02. The van der Waals surface area contributed by atoms with Crippen LogP contribution >= 0.6 is 0 Å². The SMILES string of the molecule is Cc1ccccc1CO[N+](=O)[O-]. The van der Waals surface area contributed by atoms with Crippen molar-refractivity contribution in [3.8, 4) is 0 Å². The van der Waals surface area contributed by atoms with Crippen molar-refractivity contribution in [3.63, 3.8) is 0 Å². The summed E-state index contributed by atoms with van der Waals surface area (Å²) >= 11 is 0. The van der Waals surface area contributed by atoms with Crippen molar-refractivity contribution >= 4 is 0 Å². The van der Waals surface area contributed by atoms with E-state index in [0.717, 1.165) is 11.1 Å². The first kappa shape index (κ1) is 8.52. The van der Waals surface area contributed by atoms with E-state index in [-0.39, 0.29) is 6.61 Å². The predicted octanol–water partition coefficient (Wildman–Crippen LogP) is 1.70. The highest BCUT2D eigenvalue weighted by Gasteiger charge is 1.99. The third-order valence-electron chi connectivity index (χ3n) is 1.59. The minimum Gasteiger partial charge on any atom is -0.309 e. The van der Waals surface area contributed by atoms with E-state index in [1.54, 1.807) is 6.07 Å². The van der Waals surface area contributed by atoms with Crippen LogP contribution in [0.1, 0.15) is 11.1 Å². The molecule has 0 N–H and O–H groups in total. The molecule has 0 atom stereocenters. The second-order valence-electron chi connectivity index (χ2n) is 2.42. The van der Waals surface area contributed by atoms with Crippen molar-refractivity contribution in [3.05, 3.63) is 45.5 Å². The average molecular weight is 167 g/mol. The largest absolute Gasteiger partial charge is 0.309 e. The second kappa shape index (κ2) is 3.71. The molecule has 0 spiro atoms. The standard InChI is InChI=1S/C8H9NO3/c1-7-4-2-3-5-8(7)6-12-9(10)11/h2-5H,6H2,1H3. The topological polar surface area (TPSA) is 52.4 Å². The number of hydrogen-bond donors (Lipinski definition) is 0. The Bertz CT molecular complexity index is 285. The summed E-state index contributed by atoms with van der Waals surface area (Å²) in [5.41, 5.74) is 1.84. The molecule has 1 rings (SSSR count). The van der Waals surface area contributed by atoms with Crippen LogP contribution in [0.2, 0.25) is 0 Å². The molecule has 4 nitrogen and oxygen atoms in total. The van der Waals surface area contributed by atoms with Crippen molar-refractivity contribution in [2.45, 2.75) is 13.5 Å². The van der Waals surface area contributed by atoms with E-state index in [1.807, 2.05) is 25.1 Å². The Labute approximate surface area is 69.9 Å². The van der Waals surface area contributed by atoms with Crippen LogP contribution in [0.15, 0.2) is 24.3 Å². The van der Waals surface area contributed by atoms with E-state index in [0.29, 0.717) is 0 Å². The van der Waals surface area contributed by atoms with Crippen molar-refractivity contribution in [1.82, 2.24) is 0 Å². The van der Waals surface area contributed by atoms with Crippen molar-refractivity contribution in [1.29, 1.82) is 0 Å². The van der Waals surface area contributed by atoms with Crippen LogP contribution < -0.4 is 0 Å². The van der Waals surface area contributed by atoms with Gasteiger partial charge in [-0.2, -0.15) is 0 Å². The van der Waals surface area contributed by atoms with Gasteiger partial charge < -0.3 is 4.84 Å². The zero-order chi connectivity index (χ0) is 8.97. The molecule has 0 heterocycles. The van der Waals surface area contributed by atoms with Gasteiger partial charge in [0.2, 0.25) is 0 Å². The molecule has 0 fully saturated rings. The summed E-state index contributed by atoms with van der Waals surface area (Å²) in [6.07, 6.45) is 0. The highest BCUT2D eigenvalue weighted by molar-refractivity contribution is 5.24. The number of hydrogen-bond acceptors (Lipinski definition) is 3. The molecule has 12 heavy (non-hydrogen) atoms. The van der Waals surface area contributed by atoms with Crippen molar-refractivity contribution < 1.29 is 9.92 Å². The van der Waals surface area contributed by atoms with E-state index in [1.165, 1.54) is 0 Å². The molecule has 0 saturated carbocycles. The van der Waals surface area contributed by atoms with Gasteiger partial charge in [0.25, 0.3) is 5.09 Å². The molecule has 0 aliphatic carbocycles. The first-order valence-electron chi connectivity index (χ1n) is 3.52. The Morgan fingerprint density at radius 2 is 2.17 bits per heavy atom. The van der Waals surface area contributed by atoms with E-state index in [4.69, 9.17) is 0 Å². The fourth-order valence-electron chi connectivity index (χ4n) is 0.894. The lowest BCUT2D eigenvalue weighted by Crippen LogP contribution is -2.01. The van der Waals surface area contributed by atoms with Crippen LogP contribution in [0, 0.1) is 17.0 Å². The number of rotatable bonds is 3. The molecular weight excluding hydrogens is 158 g/mol. The van der Waals surface area contributed by atoms with E-state index in [9.17, 15) is 10.1 Å². The summed E-state index contributed by atoms with van der Waals surface area (Å²) in [6.45, 7) is 1.91. The van der Waals surface area contributed by atoms with Gasteiger partial charge in [-0.3, -0.25) is 0 Å². The van der Waals surface area contributed by atoms with Crippen LogP contribution in [-0.2, 0) is 11.4 Å². The Morgan fingerprint density at radius 1 is 1.50 bits per heavy atom. The van der Waals surface area contributed by atoms with Gasteiger partial charge in [-0.1, -0.05) is 24.3 Å². The van der Waals surface area contributed by atoms with Gasteiger partial charge in [-0.05, 0) is 18.1 Å². The fraction of sp³-hybridized carbons (Fsp3) is 0.250. The molecule has 0 aliphatic rings. The quantitative estimate of drug-likeness (QED) is 0.508. The first-order chi connectivity index (χ1) is 5.70. The van der Waals surface area contributed by atoms with E-state index in [2.05, 4.69) is 4.84 Å². The minimum absolute atomic E-state index is 0.0275. The lowest BCUT2D eigenvalue weighted by molar-refractivity contribution is -0.763. The molecule has 64 valence electrons. The fourth-order valence-corrected chi connectivity index (χ4v) is 0.894. The van der Waals surface area contributed by atoms with Crippen LogP contribution in [0.4, 0.5) is 0 Å². The Balaban J connectivity index is 2.63. The normalized spacial score (nSPS) is 9.42. The molecule has 0 radical (unpaired) electrons. The van der Waals surface area contributed by atoms with Crippen LogP contribution in [0.25, 0.3) is 0 Å². The highest BCUT2D eigenvalue weighted by atomic mass is 16.9. The number of nitrogens with zero attached hydrogens (tertiary/aromatic N) is 1. The molecule has 0 unspecified atom stereocenters. The summed E-state index contributed by atoms with van der Waals surface area (Å²) in [5.74, 6) is 0. The first-order valence-corrected chi connectivity index (χ1v) is 3.52. The van der Waals surface area contributed by atoms with Gasteiger partial charge in [0.1, 0.15) is 6.61 Å². The molecule has 0 amide bonds. The molecule has 1 aromatic rings. The summed E-state index contributed by atoms with van der Waals surface area (Å²) in [7, 11) is 0. The average Bonchev–Trinajstić information content (AvgIpc) is 2.03. The van der Waals surface area contributed by atoms with Gasteiger partial charge in [-0.15, -0.1) is 10.1 Å². The summed E-state index contributed by atoms with van der Waals surface area (Å²) in [5, 5.41) is 9.08. The van der Waals surface area contributed by atoms with Crippen LogP contribution in [0.3, 0.4) is 0 Å². The third-order valence-corrected chi connectivity index (χ3v) is 1.59. The maximum atomic E-state index is 9.87. The minimum atomic E-state index is -0.785. The van der Waals surface area contributed by atoms with E-state index >= 15 is 0 Å². The predicted molar refractivity (Wildman–Crippen MR) is 43.0 cm³/mol. The van der Waals surface area contributed by atoms with Gasteiger partial charge >= 0.3 is 0 Å². The Hall–Kier alpha value is -1.58. The summed E-state index contributed by atoms with van der Waals surface area (Å²) < 4.78 is 0. The van der Waals surface area contributed by atoms with Gasteiger partial charge in [0, 0.05) is 0 Å². The maximum absolute atomic E-state index is 9.87. The molecular formula is C8H9NO3. The molecule has 0 bridgehead atoms. The lowest BCUT2D eigenvalue weighted by atomic mass is 10.1. The van der Waals surface area contributed by atoms with Crippen LogP contribution in [0.5, 0.6) is 0 Å². The smallest absolute Gasteiger partial charge is 0.294 e. The zero-order valence-corrected chi connectivity index (χ0v) is 6.69. The molecule has 0 aromatic heterocycles. The molecule has 1 aromatic carbocycles. The summed E-state index contributed by atoms with van der Waals surface area (Å²) in [6, 6.07) is 7.40. The van der Waals surface area contributed by atoms with Crippen LogP contribution in [-0.4, -0.2) is 5.09 Å². The van der Waals surface area contributed by atoms with Gasteiger partial charge in [0.05, 0.1) is 0 Å². The maximum Gasteiger partial charge on any atom is 0.294 e. The molecule has 0 saturated heterocycles. The highest BCUT2D eigenvalue weighted by Crippen LogP contribution is 2.07. The zero-order valence-electron chi connectivity index (χ0n) is 6.69. The Kier molecular flexibility index (Phi) is 2.63. The Morgan fingerprint density at radius 3 is 2.75 bits per heavy atom. The number of benzene rings is 1. The molecule has 0 aliphatic heterocycles. The van der Waals surface area contributed by atoms with Crippen molar-refractivity contribution in [2.24, 2.45) is 0 Å². The summed E-state index contributed by atoms with van der Waals surface area (Å²) in [4.78, 5) is 14.1. The van der Waals surface area contributed by atoms with Crippen molar-refractivity contribution in [2.75, 3.05) is 0 Å². The molecule has 4 heteroatoms. The monoisotopic (exact) mass is 167 g/mol. The second-order valence-corrected chi connectivity index (χ2v) is 2.42. The van der Waals surface area contributed by atoms with Gasteiger partial charge in [0.15, 0.2) is 0 Å². The van der Waals surface area contributed by atoms with Gasteiger partial charge in [-0.25, -0.2) is 0 Å². The third kappa shape index (κ3) is 2.23. The number of aryl methyl sites for hydroxylation is 1. The van der Waals surface area contributed by atoms with E-state index < -0.39 is 5.09 Å².